The van der Waals surface area contributed by atoms with E-state index in [0.717, 1.165) is 0 Å². The molecule has 7 heteroatoms. The van der Waals surface area contributed by atoms with Crippen molar-refractivity contribution in [1.29, 1.82) is 0 Å². The molecular weight excluding hydrogens is 269 g/mol. The first-order valence-electron chi connectivity index (χ1n) is 6.51. The number of carboxylic acid groups (broad SMARTS) is 1. The van der Waals surface area contributed by atoms with Crippen LogP contribution in [0.5, 0.6) is 0 Å². The van der Waals surface area contributed by atoms with Crippen molar-refractivity contribution < 1.29 is 23.9 Å². The van der Waals surface area contributed by atoms with E-state index in [1.165, 1.54) is 0 Å². The van der Waals surface area contributed by atoms with Crippen molar-refractivity contribution in [2.45, 2.75) is 46.3 Å². The van der Waals surface area contributed by atoms with Crippen LogP contribution in [0.2, 0.25) is 0 Å². The third kappa shape index (κ3) is 7.67. The maximum absolute atomic E-state index is 11.9. The Balaban J connectivity index is 4.48. The smallest absolute Gasteiger partial charge is 0.344 e. The van der Waals surface area contributed by atoms with Gasteiger partial charge in [-0.15, -0.1) is 0 Å². The summed E-state index contributed by atoms with van der Waals surface area (Å²) in [6.07, 6.45) is 0.754. The topological polar surface area (TPSA) is 110 Å². The summed E-state index contributed by atoms with van der Waals surface area (Å²) in [6, 6.07) is 0. The Bertz CT molecular complexity index is 332. The summed E-state index contributed by atoms with van der Waals surface area (Å²) in [7, 11) is -3.96. The summed E-state index contributed by atoms with van der Waals surface area (Å²) in [4.78, 5) is 20.7. The number of aliphatic carboxylic acids is 1. The lowest BCUT2D eigenvalue weighted by atomic mass is 9.98. The number of hydrogen-bond donors (Lipinski definition) is 3. The Morgan fingerprint density at radius 3 is 2.05 bits per heavy atom. The van der Waals surface area contributed by atoms with E-state index >= 15 is 0 Å². The summed E-state index contributed by atoms with van der Waals surface area (Å²) in [6.45, 7) is 7.27. The van der Waals surface area contributed by atoms with Crippen molar-refractivity contribution in [3.8, 4) is 0 Å². The molecule has 0 spiro atoms. The van der Waals surface area contributed by atoms with E-state index in [9.17, 15) is 14.3 Å². The molecule has 0 radical (unpaired) electrons. The average molecular weight is 295 g/mol. The zero-order valence-electron chi connectivity index (χ0n) is 12.1. The fourth-order valence-corrected chi connectivity index (χ4v) is 2.99. The molecular formula is C12H26NO5P. The Morgan fingerprint density at radius 2 is 1.68 bits per heavy atom. The van der Waals surface area contributed by atoms with Gasteiger partial charge in [0.1, 0.15) is 5.78 Å². The average Bonchev–Trinajstić information content (AvgIpc) is 2.22. The van der Waals surface area contributed by atoms with Crippen molar-refractivity contribution in [2.75, 3.05) is 6.61 Å². The van der Waals surface area contributed by atoms with Crippen LogP contribution in [-0.4, -0.2) is 28.4 Å². The van der Waals surface area contributed by atoms with Gasteiger partial charge in [0.25, 0.3) is 0 Å². The van der Waals surface area contributed by atoms with Crippen LogP contribution in [0.25, 0.3) is 0 Å². The predicted octanol–water partition coefficient (Wildman–Crippen LogP) is 2.27. The minimum Gasteiger partial charge on any atom is -0.481 e. The monoisotopic (exact) mass is 295 g/mol. The van der Waals surface area contributed by atoms with Crippen molar-refractivity contribution in [2.24, 2.45) is 23.5 Å². The minimum absolute atomic E-state index is 0.171. The normalized spacial score (nSPS) is 18.3. The molecule has 0 aromatic heterocycles. The van der Waals surface area contributed by atoms with E-state index in [-0.39, 0.29) is 18.4 Å². The molecule has 114 valence electrons. The molecule has 0 rings (SSSR count). The number of nitrogens with two attached hydrogens (primary N) is 1. The van der Waals surface area contributed by atoms with Crippen LogP contribution in [0.15, 0.2) is 0 Å². The van der Waals surface area contributed by atoms with E-state index in [0.29, 0.717) is 12.8 Å². The Labute approximate surface area is 114 Å². The standard InChI is InChI=1S/C12H26NO5P/c1-8(2)5-10(12(14)15)7-18-19(16,17)11(13)6-9(3)4/h8-11H,5-7,13H2,1-4H3,(H,14,15)(H,16,17)/t10-,11?/m1/s1. The molecule has 0 aromatic carbocycles. The van der Waals surface area contributed by atoms with Crippen LogP contribution in [0.3, 0.4) is 0 Å². The molecule has 0 saturated heterocycles. The number of rotatable bonds is 9. The molecule has 0 aliphatic rings. The van der Waals surface area contributed by atoms with Gasteiger partial charge in [0.15, 0.2) is 0 Å². The molecule has 0 aliphatic carbocycles. The molecule has 0 aliphatic heterocycles. The van der Waals surface area contributed by atoms with Crippen molar-refractivity contribution in [1.82, 2.24) is 0 Å². The van der Waals surface area contributed by atoms with Gasteiger partial charge in [-0.25, -0.2) is 0 Å². The van der Waals surface area contributed by atoms with Crippen molar-refractivity contribution in [3.05, 3.63) is 0 Å². The van der Waals surface area contributed by atoms with Crippen LogP contribution >= 0.6 is 7.60 Å². The summed E-state index contributed by atoms with van der Waals surface area (Å²) >= 11 is 0. The van der Waals surface area contributed by atoms with Crippen LogP contribution in [0.1, 0.15) is 40.5 Å². The maximum atomic E-state index is 11.9. The largest absolute Gasteiger partial charge is 0.481 e. The maximum Gasteiger partial charge on any atom is 0.344 e. The second kappa shape index (κ2) is 8.00. The van der Waals surface area contributed by atoms with Gasteiger partial charge in [0.2, 0.25) is 0 Å². The quantitative estimate of drug-likeness (QED) is 0.563. The Hall–Kier alpha value is -0.420. The fraction of sp³-hybridized carbons (Fsp3) is 0.917. The van der Waals surface area contributed by atoms with Gasteiger partial charge in [-0.1, -0.05) is 27.7 Å². The van der Waals surface area contributed by atoms with Crippen LogP contribution in [-0.2, 0) is 13.9 Å². The van der Waals surface area contributed by atoms with Gasteiger partial charge in [-0.05, 0) is 24.7 Å². The van der Waals surface area contributed by atoms with E-state index < -0.39 is 25.3 Å². The first kappa shape index (κ1) is 18.6. The van der Waals surface area contributed by atoms with Gasteiger partial charge in [-0.2, -0.15) is 0 Å². The Morgan fingerprint density at radius 1 is 1.21 bits per heavy atom. The molecule has 2 unspecified atom stereocenters. The molecule has 4 N–H and O–H groups in total. The van der Waals surface area contributed by atoms with Crippen molar-refractivity contribution in [3.63, 3.8) is 0 Å². The van der Waals surface area contributed by atoms with Crippen molar-refractivity contribution >= 4 is 13.6 Å². The summed E-state index contributed by atoms with van der Waals surface area (Å²) in [5.74, 6) is -2.43. The fourth-order valence-electron chi connectivity index (χ4n) is 1.72. The molecule has 0 amide bonds. The third-order valence-corrected chi connectivity index (χ3v) is 4.27. The van der Waals surface area contributed by atoms with Gasteiger partial charge < -0.3 is 20.3 Å². The molecule has 0 bridgehead atoms. The second-order valence-electron chi connectivity index (χ2n) is 5.72. The number of hydrogen-bond acceptors (Lipinski definition) is 4. The SMILES string of the molecule is CC(C)CC(N)P(=O)(O)OC[C@@H](CC(C)C)C(=O)O. The molecule has 0 fully saturated rings. The van der Waals surface area contributed by atoms with E-state index in [1.807, 2.05) is 27.7 Å². The minimum atomic E-state index is -3.96. The highest BCUT2D eigenvalue weighted by molar-refractivity contribution is 7.53. The van der Waals surface area contributed by atoms with Gasteiger partial charge in [-0.3, -0.25) is 9.36 Å². The Kier molecular flexibility index (Phi) is 7.82. The second-order valence-corrected chi connectivity index (χ2v) is 7.77. The molecule has 19 heavy (non-hydrogen) atoms. The summed E-state index contributed by atoms with van der Waals surface area (Å²) < 4.78 is 16.8. The highest BCUT2D eigenvalue weighted by atomic mass is 31.2. The lowest BCUT2D eigenvalue weighted by Crippen LogP contribution is -2.26. The molecule has 3 atom stereocenters. The summed E-state index contributed by atoms with van der Waals surface area (Å²) in [5, 5.41) is 9.02. The molecule has 6 nitrogen and oxygen atoms in total. The van der Waals surface area contributed by atoms with Gasteiger partial charge in [0, 0.05) is 0 Å². The zero-order chi connectivity index (χ0) is 15.2. The predicted molar refractivity (Wildman–Crippen MR) is 73.8 cm³/mol. The third-order valence-electron chi connectivity index (χ3n) is 2.70. The first-order valence-corrected chi connectivity index (χ1v) is 8.16. The molecule has 0 aromatic rings. The summed E-state index contributed by atoms with van der Waals surface area (Å²) in [5.41, 5.74) is 5.63. The van der Waals surface area contributed by atoms with Gasteiger partial charge in [0.05, 0.1) is 12.5 Å². The highest BCUT2D eigenvalue weighted by Crippen LogP contribution is 2.47. The first-order chi connectivity index (χ1) is 8.56. The van der Waals surface area contributed by atoms with E-state index in [1.54, 1.807) is 0 Å². The number of carbonyl (C=O) groups is 1. The van der Waals surface area contributed by atoms with Crippen LogP contribution in [0, 0.1) is 17.8 Å². The molecule has 0 saturated carbocycles. The highest BCUT2D eigenvalue weighted by Gasteiger charge is 2.32. The zero-order valence-corrected chi connectivity index (χ0v) is 13.0. The van der Waals surface area contributed by atoms with E-state index in [2.05, 4.69) is 0 Å². The lowest BCUT2D eigenvalue weighted by molar-refractivity contribution is -0.143. The van der Waals surface area contributed by atoms with E-state index in [4.69, 9.17) is 15.4 Å². The number of carboxylic acids is 1. The van der Waals surface area contributed by atoms with Crippen LogP contribution < -0.4 is 5.73 Å². The lowest BCUT2D eigenvalue weighted by Gasteiger charge is -2.22. The van der Waals surface area contributed by atoms with Crippen LogP contribution in [0.4, 0.5) is 0 Å². The molecule has 0 heterocycles. The van der Waals surface area contributed by atoms with Gasteiger partial charge >= 0.3 is 13.6 Å².